The fourth-order valence-electron chi connectivity index (χ4n) is 3.12. The zero-order valence-electron chi connectivity index (χ0n) is 15.9. The maximum absolute atomic E-state index is 12.2. The van der Waals surface area contributed by atoms with Gasteiger partial charge in [-0.15, -0.1) is 0 Å². The lowest BCUT2D eigenvalue weighted by molar-refractivity contribution is 0.0926. The SMILES string of the molecule is CCCCCCCCCCCCNC(=O)c1cc(=O)c2ccccc2o1. The van der Waals surface area contributed by atoms with Crippen LogP contribution in [0.4, 0.5) is 0 Å². The average Bonchev–Trinajstić information content (AvgIpc) is 2.66. The maximum Gasteiger partial charge on any atom is 0.287 e. The van der Waals surface area contributed by atoms with Crippen molar-refractivity contribution in [3.8, 4) is 0 Å². The zero-order valence-corrected chi connectivity index (χ0v) is 15.9. The van der Waals surface area contributed by atoms with Crippen LogP contribution < -0.4 is 10.7 Å². The Hall–Kier alpha value is -2.10. The van der Waals surface area contributed by atoms with Crippen molar-refractivity contribution in [1.82, 2.24) is 5.32 Å². The van der Waals surface area contributed by atoms with E-state index in [0.29, 0.717) is 17.5 Å². The number of carbonyl (C=O) groups excluding carboxylic acids is 1. The summed E-state index contributed by atoms with van der Waals surface area (Å²) in [5, 5.41) is 3.34. The molecule has 0 aliphatic heterocycles. The summed E-state index contributed by atoms with van der Waals surface area (Å²) >= 11 is 0. The Labute approximate surface area is 156 Å². The molecule has 1 aromatic carbocycles. The molecular formula is C22H31NO3. The number of carbonyl (C=O) groups is 1. The highest BCUT2D eigenvalue weighted by Crippen LogP contribution is 2.12. The molecule has 0 aliphatic carbocycles. The monoisotopic (exact) mass is 357 g/mol. The largest absolute Gasteiger partial charge is 0.451 e. The van der Waals surface area contributed by atoms with Gasteiger partial charge in [-0.3, -0.25) is 9.59 Å². The molecule has 26 heavy (non-hydrogen) atoms. The van der Waals surface area contributed by atoms with Gasteiger partial charge in [-0.25, -0.2) is 0 Å². The van der Waals surface area contributed by atoms with E-state index in [-0.39, 0.29) is 17.1 Å². The molecule has 2 rings (SSSR count). The van der Waals surface area contributed by atoms with E-state index in [4.69, 9.17) is 4.42 Å². The van der Waals surface area contributed by atoms with Crippen LogP contribution in [0, 0.1) is 0 Å². The normalized spacial score (nSPS) is 11.0. The van der Waals surface area contributed by atoms with E-state index in [1.165, 1.54) is 57.4 Å². The quantitative estimate of drug-likeness (QED) is 0.514. The lowest BCUT2D eigenvalue weighted by Crippen LogP contribution is -2.25. The van der Waals surface area contributed by atoms with E-state index < -0.39 is 0 Å². The molecule has 0 bridgehead atoms. The van der Waals surface area contributed by atoms with E-state index in [9.17, 15) is 9.59 Å². The molecule has 1 N–H and O–H groups in total. The van der Waals surface area contributed by atoms with Crippen molar-refractivity contribution in [2.45, 2.75) is 71.1 Å². The van der Waals surface area contributed by atoms with Gasteiger partial charge in [0, 0.05) is 12.6 Å². The van der Waals surface area contributed by atoms with E-state index in [1.54, 1.807) is 24.3 Å². The molecular weight excluding hydrogens is 326 g/mol. The Balaban J connectivity index is 1.61. The van der Waals surface area contributed by atoms with Gasteiger partial charge in [-0.2, -0.15) is 0 Å². The number of benzene rings is 1. The van der Waals surface area contributed by atoms with Crippen LogP contribution in [-0.4, -0.2) is 12.5 Å². The third kappa shape index (κ3) is 6.66. The maximum atomic E-state index is 12.2. The first-order valence-corrected chi connectivity index (χ1v) is 10.0. The van der Waals surface area contributed by atoms with Gasteiger partial charge >= 0.3 is 0 Å². The highest BCUT2D eigenvalue weighted by atomic mass is 16.3. The zero-order chi connectivity index (χ0) is 18.6. The average molecular weight is 357 g/mol. The lowest BCUT2D eigenvalue weighted by Gasteiger charge is -2.06. The van der Waals surface area contributed by atoms with Gasteiger partial charge in [0.05, 0.1) is 5.39 Å². The second kappa shape index (κ2) is 11.5. The van der Waals surface area contributed by atoms with Crippen molar-refractivity contribution in [2.75, 3.05) is 6.54 Å². The number of hydrogen-bond acceptors (Lipinski definition) is 3. The molecule has 0 atom stereocenters. The van der Waals surface area contributed by atoms with Gasteiger partial charge in [0.25, 0.3) is 5.91 Å². The third-order valence-corrected chi connectivity index (χ3v) is 4.67. The van der Waals surface area contributed by atoms with Crippen LogP contribution in [0.5, 0.6) is 0 Å². The van der Waals surface area contributed by atoms with E-state index in [1.807, 2.05) is 0 Å². The number of amides is 1. The Morgan fingerprint density at radius 1 is 0.923 bits per heavy atom. The molecule has 1 amide bonds. The molecule has 0 fully saturated rings. The van der Waals surface area contributed by atoms with Crippen molar-refractivity contribution in [2.24, 2.45) is 0 Å². The summed E-state index contributed by atoms with van der Waals surface area (Å²) in [5.41, 5.74) is 0.264. The van der Waals surface area contributed by atoms with Crippen LogP contribution in [0.2, 0.25) is 0 Å². The molecule has 0 saturated heterocycles. The number of hydrogen-bond donors (Lipinski definition) is 1. The van der Waals surface area contributed by atoms with Gasteiger partial charge in [0.15, 0.2) is 11.2 Å². The number of para-hydroxylation sites is 1. The lowest BCUT2D eigenvalue weighted by atomic mass is 10.1. The van der Waals surface area contributed by atoms with Crippen molar-refractivity contribution >= 4 is 16.9 Å². The van der Waals surface area contributed by atoms with Gasteiger partial charge in [0.1, 0.15) is 5.58 Å². The second-order valence-electron chi connectivity index (χ2n) is 6.91. The molecule has 1 heterocycles. The first kappa shape index (κ1) is 20.2. The summed E-state index contributed by atoms with van der Waals surface area (Å²) in [4.78, 5) is 24.2. The predicted octanol–water partition coefficient (Wildman–Crippen LogP) is 5.44. The van der Waals surface area contributed by atoms with E-state index in [0.717, 1.165) is 12.8 Å². The minimum Gasteiger partial charge on any atom is -0.451 e. The summed E-state index contributed by atoms with van der Waals surface area (Å²) in [6.45, 7) is 2.86. The van der Waals surface area contributed by atoms with Crippen LogP contribution in [0.1, 0.15) is 81.7 Å². The minimum absolute atomic E-state index is 0.0841. The number of unbranched alkanes of at least 4 members (excludes halogenated alkanes) is 9. The molecule has 0 spiro atoms. The van der Waals surface area contributed by atoms with Gasteiger partial charge in [-0.05, 0) is 18.6 Å². The van der Waals surface area contributed by atoms with Crippen LogP contribution in [0.15, 0.2) is 39.5 Å². The molecule has 0 radical (unpaired) electrons. The standard InChI is InChI=1S/C22H31NO3/c1-2-3-4-5-6-7-8-9-10-13-16-23-22(25)21-17-19(24)18-14-11-12-15-20(18)26-21/h11-12,14-15,17H,2-10,13,16H2,1H3,(H,23,25). The van der Waals surface area contributed by atoms with Crippen molar-refractivity contribution in [1.29, 1.82) is 0 Å². The molecule has 0 unspecified atom stereocenters. The van der Waals surface area contributed by atoms with E-state index >= 15 is 0 Å². The highest BCUT2D eigenvalue weighted by molar-refractivity contribution is 5.93. The van der Waals surface area contributed by atoms with Gasteiger partial charge in [-0.1, -0.05) is 76.8 Å². The van der Waals surface area contributed by atoms with E-state index in [2.05, 4.69) is 12.2 Å². The molecule has 1 aromatic heterocycles. The summed E-state index contributed by atoms with van der Waals surface area (Å²) in [7, 11) is 0. The third-order valence-electron chi connectivity index (χ3n) is 4.67. The molecule has 4 nitrogen and oxygen atoms in total. The van der Waals surface area contributed by atoms with Crippen molar-refractivity contribution in [3.63, 3.8) is 0 Å². The number of fused-ring (bicyclic) bond motifs is 1. The van der Waals surface area contributed by atoms with Crippen LogP contribution in [-0.2, 0) is 0 Å². The Morgan fingerprint density at radius 3 is 2.23 bits per heavy atom. The molecule has 0 saturated carbocycles. The Kier molecular flexibility index (Phi) is 8.94. The first-order chi connectivity index (χ1) is 12.7. The molecule has 0 aliphatic rings. The summed E-state index contributed by atoms with van der Waals surface area (Å²) in [6.07, 6.45) is 12.6. The van der Waals surface area contributed by atoms with Crippen LogP contribution in [0.3, 0.4) is 0 Å². The van der Waals surface area contributed by atoms with Crippen molar-refractivity contribution < 1.29 is 9.21 Å². The summed E-state index contributed by atoms with van der Waals surface area (Å²) in [6, 6.07) is 8.25. The number of nitrogens with one attached hydrogen (secondary N) is 1. The fraction of sp³-hybridized carbons (Fsp3) is 0.545. The molecule has 142 valence electrons. The molecule has 2 aromatic rings. The predicted molar refractivity (Wildman–Crippen MR) is 107 cm³/mol. The summed E-state index contributed by atoms with van der Waals surface area (Å²) in [5.74, 6) is -0.232. The minimum atomic E-state index is -0.316. The van der Waals surface area contributed by atoms with Crippen LogP contribution in [0.25, 0.3) is 11.0 Å². The number of rotatable bonds is 12. The Morgan fingerprint density at radius 2 is 1.54 bits per heavy atom. The fourth-order valence-corrected chi connectivity index (χ4v) is 3.12. The second-order valence-corrected chi connectivity index (χ2v) is 6.91. The Bertz CT molecular complexity index is 735. The van der Waals surface area contributed by atoms with Crippen molar-refractivity contribution in [3.05, 3.63) is 46.3 Å². The smallest absolute Gasteiger partial charge is 0.287 e. The first-order valence-electron chi connectivity index (χ1n) is 10.0. The topological polar surface area (TPSA) is 59.3 Å². The van der Waals surface area contributed by atoms with Gasteiger partial charge < -0.3 is 9.73 Å². The highest BCUT2D eigenvalue weighted by Gasteiger charge is 2.11. The van der Waals surface area contributed by atoms with Crippen LogP contribution >= 0.6 is 0 Å². The molecule has 4 heteroatoms. The van der Waals surface area contributed by atoms with Gasteiger partial charge in [0.2, 0.25) is 0 Å². The summed E-state index contributed by atoms with van der Waals surface area (Å²) < 4.78 is 5.54.